The maximum absolute atomic E-state index is 11.3. The molecule has 0 saturated heterocycles. The van der Waals surface area contributed by atoms with E-state index in [-0.39, 0.29) is 5.76 Å². The highest BCUT2D eigenvalue weighted by Crippen LogP contribution is 2.32. The smallest absolute Gasteiger partial charge is 0.373 e. The molecule has 1 heterocycles. The van der Waals surface area contributed by atoms with Crippen molar-refractivity contribution < 1.29 is 18.7 Å². The molecule has 0 spiro atoms. The van der Waals surface area contributed by atoms with Gasteiger partial charge in [-0.05, 0) is 31.2 Å². The number of benzene rings is 1. The van der Waals surface area contributed by atoms with Crippen LogP contribution in [0.3, 0.4) is 0 Å². The molecule has 106 valence electrons. The van der Waals surface area contributed by atoms with Crippen molar-refractivity contribution in [3.8, 4) is 5.75 Å². The molecule has 4 nitrogen and oxygen atoms in total. The summed E-state index contributed by atoms with van der Waals surface area (Å²) in [5.41, 5.74) is 0. The number of carbonyl (C=O) groups is 1. The van der Waals surface area contributed by atoms with Crippen LogP contribution in [0, 0.1) is 0 Å². The first-order valence-corrected chi connectivity index (χ1v) is 6.56. The highest BCUT2D eigenvalue weighted by atomic mass is 35.5. The Kier molecular flexibility index (Phi) is 4.57. The van der Waals surface area contributed by atoms with Crippen LogP contribution in [-0.4, -0.2) is 13.1 Å². The minimum absolute atomic E-state index is 0.121. The summed E-state index contributed by atoms with van der Waals surface area (Å²) in [5, 5.41) is 0.965. The molecule has 6 heteroatoms. The molecule has 0 radical (unpaired) electrons. The molecule has 1 aromatic carbocycles. The lowest BCUT2D eigenvalue weighted by molar-refractivity contribution is 0.0558. The van der Waals surface area contributed by atoms with E-state index in [9.17, 15) is 4.79 Å². The van der Waals surface area contributed by atoms with E-state index < -0.39 is 12.1 Å². The molecule has 0 saturated carbocycles. The van der Waals surface area contributed by atoms with Gasteiger partial charge in [-0.2, -0.15) is 0 Å². The van der Waals surface area contributed by atoms with Crippen molar-refractivity contribution in [2.75, 3.05) is 7.11 Å². The van der Waals surface area contributed by atoms with Crippen LogP contribution in [0.15, 0.2) is 34.7 Å². The molecule has 0 N–H and O–H groups in total. The molecular weight excluding hydrogens is 303 g/mol. The Hall–Kier alpha value is -1.65. The second kappa shape index (κ2) is 6.20. The standard InChI is InChI=1S/C14H12Cl2O4/c1-8(11-5-6-12(20-11)14(17)18-2)19-13-7-9(15)3-4-10(13)16/h3-8H,1-2H3. The predicted molar refractivity (Wildman–Crippen MR) is 75.6 cm³/mol. The highest BCUT2D eigenvalue weighted by molar-refractivity contribution is 6.34. The van der Waals surface area contributed by atoms with Crippen molar-refractivity contribution in [2.24, 2.45) is 0 Å². The summed E-state index contributed by atoms with van der Waals surface area (Å²) in [6.07, 6.45) is -0.427. The van der Waals surface area contributed by atoms with Crippen LogP contribution < -0.4 is 4.74 Å². The largest absolute Gasteiger partial charge is 0.481 e. The fourth-order valence-corrected chi connectivity index (χ4v) is 1.92. The Labute approximate surface area is 126 Å². The summed E-state index contributed by atoms with van der Waals surface area (Å²) >= 11 is 11.9. The van der Waals surface area contributed by atoms with Crippen LogP contribution in [0.2, 0.25) is 10.0 Å². The third-order valence-corrected chi connectivity index (χ3v) is 3.16. The maximum Gasteiger partial charge on any atom is 0.373 e. The van der Waals surface area contributed by atoms with Crippen LogP contribution >= 0.6 is 23.2 Å². The average molecular weight is 315 g/mol. The maximum atomic E-state index is 11.3. The fraction of sp³-hybridized carbons (Fsp3) is 0.214. The van der Waals surface area contributed by atoms with E-state index in [1.807, 2.05) is 0 Å². The number of carbonyl (C=O) groups excluding carboxylic acids is 1. The van der Waals surface area contributed by atoms with Crippen molar-refractivity contribution in [3.63, 3.8) is 0 Å². The molecule has 2 rings (SSSR count). The van der Waals surface area contributed by atoms with E-state index in [0.717, 1.165) is 0 Å². The molecule has 1 unspecified atom stereocenters. The molecule has 0 aliphatic carbocycles. The molecule has 0 aliphatic heterocycles. The monoisotopic (exact) mass is 314 g/mol. The van der Waals surface area contributed by atoms with Crippen molar-refractivity contribution in [1.29, 1.82) is 0 Å². The number of rotatable bonds is 4. The molecule has 20 heavy (non-hydrogen) atoms. The summed E-state index contributed by atoms with van der Waals surface area (Å²) in [4.78, 5) is 11.3. The average Bonchev–Trinajstić information content (AvgIpc) is 2.91. The minimum atomic E-state index is -0.538. The highest BCUT2D eigenvalue weighted by Gasteiger charge is 2.17. The van der Waals surface area contributed by atoms with Crippen molar-refractivity contribution >= 4 is 29.2 Å². The Balaban J connectivity index is 2.15. The summed E-state index contributed by atoms with van der Waals surface area (Å²) in [6, 6.07) is 8.11. The lowest BCUT2D eigenvalue weighted by atomic mass is 10.3. The van der Waals surface area contributed by atoms with E-state index >= 15 is 0 Å². The molecule has 0 bridgehead atoms. The summed E-state index contributed by atoms with van der Waals surface area (Å²) in [6.45, 7) is 1.77. The van der Waals surface area contributed by atoms with Crippen molar-refractivity contribution in [1.82, 2.24) is 0 Å². The third-order valence-electron chi connectivity index (χ3n) is 2.61. The van der Waals surface area contributed by atoms with Crippen LogP contribution in [-0.2, 0) is 4.74 Å². The van der Waals surface area contributed by atoms with Gasteiger partial charge >= 0.3 is 5.97 Å². The lowest BCUT2D eigenvalue weighted by Crippen LogP contribution is -2.03. The summed E-state index contributed by atoms with van der Waals surface area (Å²) < 4.78 is 15.6. The fourth-order valence-electron chi connectivity index (χ4n) is 1.60. The van der Waals surface area contributed by atoms with Crippen LogP contribution in [0.5, 0.6) is 5.75 Å². The minimum Gasteiger partial charge on any atom is -0.481 e. The molecule has 1 atom stereocenters. The van der Waals surface area contributed by atoms with Crippen molar-refractivity contribution in [2.45, 2.75) is 13.0 Å². The summed E-state index contributed by atoms with van der Waals surface area (Å²) in [5.74, 6) is 0.517. The number of hydrogen-bond acceptors (Lipinski definition) is 4. The van der Waals surface area contributed by atoms with Gasteiger partial charge in [0.25, 0.3) is 0 Å². The van der Waals surface area contributed by atoms with E-state index in [0.29, 0.717) is 21.6 Å². The SMILES string of the molecule is COC(=O)c1ccc(C(C)Oc2cc(Cl)ccc2Cl)o1. The van der Waals surface area contributed by atoms with Gasteiger partial charge in [0.05, 0.1) is 12.1 Å². The van der Waals surface area contributed by atoms with E-state index in [2.05, 4.69) is 4.74 Å². The van der Waals surface area contributed by atoms with Gasteiger partial charge in [-0.15, -0.1) is 0 Å². The zero-order valence-corrected chi connectivity index (χ0v) is 12.4. The van der Waals surface area contributed by atoms with Gasteiger partial charge in [0.2, 0.25) is 5.76 Å². The number of halogens is 2. The molecular formula is C14H12Cl2O4. The molecule has 1 aromatic heterocycles. The molecule has 0 fully saturated rings. The van der Waals surface area contributed by atoms with Crippen LogP contribution in [0.25, 0.3) is 0 Å². The number of methoxy groups -OCH3 is 1. The Morgan fingerprint density at radius 3 is 2.70 bits per heavy atom. The Morgan fingerprint density at radius 1 is 1.25 bits per heavy atom. The zero-order valence-electron chi connectivity index (χ0n) is 10.9. The topological polar surface area (TPSA) is 48.7 Å². The van der Waals surface area contributed by atoms with Gasteiger partial charge in [-0.1, -0.05) is 23.2 Å². The van der Waals surface area contributed by atoms with Gasteiger partial charge in [0, 0.05) is 11.1 Å². The zero-order chi connectivity index (χ0) is 14.7. The normalized spacial score (nSPS) is 12.0. The first kappa shape index (κ1) is 14.8. The van der Waals surface area contributed by atoms with Crippen molar-refractivity contribution in [3.05, 3.63) is 51.9 Å². The van der Waals surface area contributed by atoms with E-state index in [1.54, 1.807) is 31.2 Å². The van der Waals surface area contributed by atoms with Gasteiger partial charge < -0.3 is 13.9 Å². The molecule has 0 aliphatic rings. The number of ether oxygens (including phenoxy) is 2. The Morgan fingerprint density at radius 2 is 2.00 bits per heavy atom. The second-order valence-corrected chi connectivity index (χ2v) is 4.87. The predicted octanol–water partition coefficient (Wildman–Crippen LogP) is 4.51. The number of hydrogen-bond donors (Lipinski definition) is 0. The first-order valence-electron chi connectivity index (χ1n) is 5.81. The first-order chi connectivity index (χ1) is 9.51. The second-order valence-electron chi connectivity index (χ2n) is 4.03. The molecule has 0 amide bonds. The van der Waals surface area contributed by atoms with E-state index in [1.165, 1.54) is 13.2 Å². The van der Waals surface area contributed by atoms with Gasteiger partial charge in [-0.3, -0.25) is 0 Å². The van der Waals surface area contributed by atoms with Gasteiger partial charge in [-0.25, -0.2) is 4.79 Å². The van der Waals surface area contributed by atoms with Crippen LogP contribution in [0.1, 0.15) is 29.3 Å². The van der Waals surface area contributed by atoms with Gasteiger partial charge in [0.1, 0.15) is 11.5 Å². The Bertz CT molecular complexity index is 621. The quantitative estimate of drug-likeness (QED) is 0.779. The lowest BCUT2D eigenvalue weighted by Gasteiger charge is -2.13. The van der Waals surface area contributed by atoms with Crippen LogP contribution in [0.4, 0.5) is 0 Å². The number of furan rings is 1. The number of esters is 1. The van der Waals surface area contributed by atoms with E-state index in [4.69, 9.17) is 32.4 Å². The third kappa shape index (κ3) is 3.26. The molecule has 2 aromatic rings. The van der Waals surface area contributed by atoms with Gasteiger partial charge in [0.15, 0.2) is 6.10 Å². The summed E-state index contributed by atoms with van der Waals surface area (Å²) in [7, 11) is 1.29.